The van der Waals surface area contributed by atoms with E-state index in [1.165, 1.54) is 7.11 Å². The van der Waals surface area contributed by atoms with Crippen LogP contribution in [0.3, 0.4) is 0 Å². The molecule has 0 saturated heterocycles. The molecule has 58 valence electrons. The highest BCUT2D eigenvalue weighted by Gasteiger charge is 1.92. The number of nitroso groups, excluding NO2 is 1. The Bertz CT molecular complexity index is 250. The second-order valence-electron chi connectivity index (χ2n) is 1.95. The Balaban J connectivity index is 2.82. The zero-order chi connectivity index (χ0) is 8.10. The number of nitrogens with one attached hydrogen (secondary N) is 1. The van der Waals surface area contributed by atoms with Gasteiger partial charge in [-0.25, -0.2) is 0 Å². The van der Waals surface area contributed by atoms with Crippen LogP contribution in [0.1, 0.15) is 0 Å². The van der Waals surface area contributed by atoms with Gasteiger partial charge in [-0.3, -0.25) is 10.3 Å². The van der Waals surface area contributed by atoms with Gasteiger partial charge in [0.25, 0.3) is 0 Å². The van der Waals surface area contributed by atoms with Crippen LogP contribution in [0.15, 0.2) is 29.4 Å². The lowest BCUT2D eigenvalue weighted by atomic mass is 10.3. The van der Waals surface area contributed by atoms with E-state index in [9.17, 15) is 4.91 Å². The summed E-state index contributed by atoms with van der Waals surface area (Å²) in [5, 5.41) is 2.77. The van der Waals surface area contributed by atoms with E-state index in [0.717, 1.165) is 0 Å². The van der Waals surface area contributed by atoms with Crippen molar-refractivity contribution in [1.29, 1.82) is 0 Å². The Hall–Kier alpha value is -1.42. The van der Waals surface area contributed by atoms with E-state index in [2.05, 4.69) is 15.5 Å². The van der Waals surface area contributed by atoms with E-state index in [4.69, 9.17) is 0 Å². The molecule has 0 radical (unpaired) electrons. The van der Waals surface area contributed by atoms with E-state index >= 15 is 0 Å². The van der Waals surface area contributed by atoms with Crippen LogP contribution in [0, 0.1) is 4.91 Å². The molecule has 0 atom stereocenters. The van der Waals surface area contributed by atoms with Crippen LogP contribution in [-0.4, -0.2) is 7.11 Å². The molecule has 0 spiro atoms. The number of rotatable bonds is 3. The summed E-state index contributed by atoms with van der Waals surface area (Å²) in [7, 11) is 1.50. The van der Waals surface area contributed by atoms with Gasteiger partial charge in [0.2, 0.25) is 0 Å². The highest BCUT2D eigenvalue weighted by atomic mass is 16.6. The van der Waals surface area contributed by atoms with Crippen LogP contribution >= 0.6 is 0 Å². The number of benzene rings is 1. The van der Waals surface area contributed by atoms with Gasteiger partial charge in [0, 0.05) is 0 Å². The highest BCUT2D eigenvalue weighted by Crippen LogP contribution is 2.16. The molecule has 1 rings (SSSR count). The van der Waals surface area contributed by atoms with Gasteiger partial charge in [-0.15, -0.1) is 4.91 Å². The molecule has 0 unspecified atom stereocenters. The molecular formula is C7H8N2O2. The average Bonchev–Trinajstić information content (AvgIpc) is 2.06. The van der Waals surface area contributed by atoms with Gasteiger partial charge < -0.3 is 0 Å². The number of nitrogens with zero attached hydrogens (tertiary/aromatic N) is 1. The fraction of sp³-hybridized carbons (Fsp3) is 0.143. The molecule has 11 heavy (non-hydrogen) atoms. The lowest BCUT2D eigenvalue weighted by Gasteiger charge is -2.00. The van der Waals surface area contributed by atoms with Gasteiger partial charge in [0.15, 0.2) is 0 Å². The first-order valence-corrected chi connectivity index (χ1v) is 3.09. The Kier molecular flexibility index (Phi) is 2.57. The van der Waals surface area contributed by atoms with Gasteiger partial charge in [-0.1, -0.05) is 6.07 Å². The van der Waals surface area contributed by atoms with E-state index < -0.39 is 0 Å². The van der Waals surface area contributed by atoms with E-state index in [1.54, 1.807) is 24.3 Å². The minimum atomic E-state index is 0.382. The van der Waals surface area contributed by atoms with Crippen molar-refractivity contribution < 1.29 is 4.84 Å². The van der Waals surface area contributed by atoms with Crippen molar-refractivity contribution in [2.75, 3.05) is 12.6 Å². The lowest BCUT2D eigenvalue weighted by molar-refractivity contribution is 0.271. The fourth-order valence-electron chi connectivity index (χ4n) is 0.744. The molecule has 1 aromatic carbocycles. The summed E-state index contributed by atoms with van der Waals surface area (Å²) in [4.78, 5) is 14.7. The minimum absolute atomic E-state index is 0.382. The third-order valence-corrected chi connectivity index (χ3v) is 1.17. The maximum absolute atomic E-state index is 10.0. The maximum atomic E-state index is 10.0. The lowest BCUT2D eigenvalue weighted by Crippen LogP contribution is -1.93. The molecule has 0 aliphatic heterocycles. The van der Waals surface area contributed by atoms with Crippen LogP contribution in [0.2, 0.25) is 0 Å². The summed E-state index contributed by atoms with van der Waals surface area (Å²) in [6.07, 6.45) is 0. The molecule has 0 aromatic heterocycles. The predicted molar refractivity (Wildman–Crippen MR) is 42.5 cm³/mol. The third kappa shape index (κ3) is 2.01. The molecule has 0 heterocycles. The van der Waals surface area contributed by atoms with E-state index in [-0.39, 0.29) is 0 Å². The topological polar surface area (TPSA) is 50.7 Å². The summed E-state index contributed by atoms with van der Waals surface area (Å²) in [5.41, 5.74) is 3.68. The van der Waals surface area contributed by atoms with Gasteiger partial charge in [0.1, 0.15) is 5.69 Å². The normalized spacial score (nSPS) is 9.18. The highest BCUT2D eigenvalue weighted by molar-refractivity contribution is 5.52. The van der Waals surface area contributed by atoms with Crippen LogP contribution in [0.5, 0.6) is 0 Å². The number of hydrogen-bond donors (Lipinski definition) is 1. The molecule has 1 aromatic rings. The Morgan fingerprint density at radius 3 is 3.00 bits per heavy atom. The fourth-order valence-corrected chi connectivity index (χ4v) is 0.744. The van der Waals surface area contributed by atoms with Gasteiger partial charge in [0.05, 0.1) is 12.8 Å². The van der Waals surface area contributed by atoms with E-state index in [1.807, 2.05) is 0 Å². The summed E-state index contributed by atoms with van der Waals surface area (Å²) in [5.74, 6) is 0. The Morgan fingerprint density at radius 1 is 1.55 bits per heavy atom. The molecule has 4 heteroatoms. The van der Waals surface area contributed by atoms with Crippen molar-refractivity contribution in [1.82, 2.24) is 0 Å². The van der Waals surface area contributed by atoms with Crippen molar-refractivity contribution in [2.45, 2.75) is 0 Å². The van der Waals surface area contributed by atoms with Crippen molar-refractivity contribution in [2.24, 2.45) is 5.18 Å². The zero-order valence-electron chi connectivity index (χ0n) is 6.07. The average molecular weight is 152 g/mol. The van der Waals surface area contributed by atoms with Crippen LogP contribution in [0.4, 0.5) is 11.4 Å². The quantitative estimate of drug-likeness (QED) is 0.532. The molecule has 0 amide bonds. The molecule has 0 fully saturated rings. The second-order valence-corrected chi connectivity index (χ2v) is 1.95. The molecular weight excluding hydrogens is 144 g/mol. The Labute approximate surface area is 64.1 Å². The smallest absolute Gasteiger partial charge is 0.110 e. The van der Waals surface area contributed by atoms with E-state index in [0.29, 0.717) is 11.4 Å². The molecule has 4 nitrogen and oxygen atoms in total. The summed E-state index contributed by atoms with van der Waals surface area (Å²) in [6, 6.07) is 6.71. The molecule has 0 aliphatic rings. The summed E-state index contributed by atoms with van der Waals surface area (Å²) in [6.45, 7) is 0. The SMILES string of the molecule is CONc1cccc(N=O)c1. The molecule has 0 aliphatic carbocycles. The minimum Gasteiger partial charge on any atom is -0.279 e. The zero-order valence-corrected chi connectivity index (χ0v) is 6.07. The van der Waals surface area contributed by atoms with Gasteiger partial charge >= 0.3 is 0 Å². The molecule has 0 bridgehead atoms. The summed E-state index contributed by atoms with van der Waals surface area (Å²) < 4.78 is 0. The first-order valence-electron chi connectivity index (χ1n) is 3.09. The van der Waals surface area contributed by atoms with Crippen molar-refractivity contribution in [3.05, 3.63) is 29.2 Å². The maximum Gasteiger partial charge on any atom is 0.110 e. The predicted octanol–water partition coefficient (Wildman–Crippen LogP) is 2.06. The van der Waals surface area contributed by atoms with Crippen LogP contribution in [-0.2, 0) is 4.84 Å². The number of anilines is 1. The largest absolute Gasteiger partial charge is 0.279 e. The van der Waals surface area contributed by atoms with Crippen LogP contribution < -0.4 is 5.48 Å². The monoisotopic (exact) mass is 152 g/mol. The van der Waals surface area contributed by atoms with Gasteiger partial charge in [-0.2, -0.15) is 0 Å². The van der Waals surface area contributed by atoms with Gasteiger partial charge in [-0.05, 0) is 23.4 Å². The van der Waals surface area contributed by atoms with Crippen molar-refractivity contribution in [3.63, 3.8) is 0 Å². The molecule has 0 saturated carbocycles. The first kappa shape index (κ1) is 7.68. The number of hydrogen-bond acceptors (Lipinski definition) is 4. The van der Waals surface area contributed by atoms with Crippen LogP contribution in [0.25, 0.3) is 0 Å². The molecule has 1 N–H and O–H groups in total. The van der Waals surface area contributed by atoms with Crippen molar-refractivity contribution in [3.8, 4) is 0 Å². The summed E-state index contributed by atoms with van der Waals surface area (Å²) >= 11 is 0. The first-order chi connectivity index (χ1) is 5.36. The van der Waals surface area contributed by atoms with Crippen molar-refractivity contribution >= 4 is 11.4 Å². The standard InChI is InChI=1S/C7H8N2O2/c1-11-9-7-4-2-3-6(5-7)8-10/h2-5,9H,1H3. The second kappa shape index (κ2) is 3.68. The third-order valence-electron chi connectivity index (χ3n) is 1.17. The Morgan fingerprint density at radius 2 is 2.36 bits per heavy atom.